The average molecular weight is 1140 g/mol. The molecule has 0 aromatic rings. The van der Waals surface area contributed by atoms with Gasteiger partial charge in [-0.15, -0.1) is 11.6 Å². The van der Waals surface area contributed by atoms with E-state index in [0.29, 0.717) is 0 Å². The molecule has 0 bridgehead atoms. The smallest absolute Gasteiger partial charge is 0.408 e. The summed E-state index contributed by atoms with van der Waals surface area (Å²) in [5.41, 5.74) is 3.02. The van der Waals surface area contributed by atoms with Crippen molar-refractivity contribution in [1.29, 1.82) is 0 Å². The van der Waals surface area contributed by atoms with E-state index in [4.69, 9.17) is 74.2 Å². The number of nitrogens with one attached hydrogen (secondary N) is 5. The van der Waals surface area contributed by atoms with Crippen LogP contribution >= 0.6 is 11.6 Å². The first-order chi connectivity index (χ1) is 35.8. The Morgan fingerprint density at radius 1 is 0.564 bits per heavy atom. The maximum Gasteiger partial charge on any atom is 0.408 e. The number of rotatable bonds is 18. The van der Waals surface area contributed by atoms with Crippen LogP contribution in [-0.4, -0.2) is 181 Å². The van der Waals surface area contributed by atoms with E-state index in [1.54, 1.807) is 83.1 Å². The molecule has 5 amide bonds. The summed E-state index contributed by atoms with van der Waals surface area (Å²) in [5, 5.41) is 12.0. The topological polar surface area (TPSA) is 351 Å². The van der Waals surface area contributed by atoms with E-state index >= 15 is 0 Å². The molecule has 7 N–H and O–H groups in total. The van der Waals surface area contributed by atoms with E-state index in [1.165, 1.54) is 0 Å². The third kappa shape index (κ3) is 23.9. The van der Waals surface area contributed by atoms with Crippen molar-refractivity contribution in [2.45, 2.75) is 244 Å². The lowest BCUT2D eigenvalue weighted by atomic mass is 9.84. The molecule has 0 aromatic carbocycles. The summed E-state index contributed by atoms with van der Waals surface area (Å²) in [6.07, 6.45) is -16.5. The van der Waals surface area contributed by atoms with Crippen molar-refractivity contribution in [3.63, 3.8) is 0 Å². The van der Waals surface area contributed by atoms with E-state index in [2.05, 4.69) is 26.6 Å². The second-order valence-electron chi connectivity index (χ2n) is 23.0. The Morgan fingerprint density at radius 2 is 1.04 bits per heavy atom. The molecule has 3 rings (SSSR count). The lowest BCUT2D eigenvalue weighted by molar-refractivity contribution is -0.303. The summed E-state index contributed by atoms with van der Waals surface area (Å²) >= 11 is 7.56. The van der Waals surface area contributed by atoms with Gasteiger partial charge >= 0.3 is 48.3 Å². The maximum atomic E-state index is 14.5. The van der Waals surface area contributed by atoms with Crippen molar-refractivity contribution < 1.29 is 100.0 Å². The largest absolute Gasteiger partial charge is 0.463 e. The number of hydrogen-bond donors (Lipinski definition) is 6. The molecule has 2 heterocycles. The minimum Gasteiger partial charge on any atom is -0.463 e. The molecule has 28 heteroatoms. The average Bonchev–Trinajstić information content (AvgIpc) is 3.24. The Bertz CT molecular complexity index is 2090. The molecule has 3 fully saturated rings. The molecule has 446 valence electrons. The lowest BCUT2D eigenvalue weighted by Crippen LogP contribution is -2.69. The number of halogens is 1. The summed E-state index contributed by atoms with van der Waals surface area (Å²) in [6, 6.07) is -5.03. The molecular weight excluding hydrogens is 1060 g/mol. The molecule has 3 aliphatic rings. The monoisotopic (exact) mass is 1140 g/mol. The molecule has 2 aliphatic heterocycles. The fourth-order valence-corrected chi connectivity index (χ4v) is 8.67. The Labute approximate surface area is 460 Å². The zero-order valence-electron chi connectivity index (χ0n) is 47.6. The van der Waals surface area contributed by atoms with Gasteiger partial charge in [0, 0.05) is 47.2 Å². The third-order valence-corrected chi connectivity index (χ3v) is 11.5. The van der Waals surface area contributed by atoms with Gasteiger partial charge in [0.25, 0.3) is 5.91 Å². The first-order valence-corrected chi connectivity index (χ1v) is 26.1. The minimum absolute atomic E-state index is 0.0845. The Balaban J connectivity index is 2.25. The van der Waals surface area contributed by atoms with Gasteiger partial charge in [-0.05, 0) is 102 Å². The summed E-state index contributed by atoms with van der Waals surface area (Å²) in [6.45, 7) is 23.4. The van der Waals surface area contributed by atoms with Crippen molar-refractivity contribution in [2.75, 3.05) is 19.7 Å². The normalized spacial score (nSPS) is 27.9. The Morgan fingerprint density at radius 3 is 1.54 bits per heavy atom. The number of amides is 5. The second-order valence-corrected chi connectivity index (χ2v) is 23.5. The predicted molar refractivity (Wildman–Crippen MR) is 273 cm³/mol. The highest BCUT2D eigenvalue weighted by molar-refractivity contribution is 6.21. The number of carbonyl (C=O) groups excluding carboxylic acids is 9. The van der Waals surface area contributed by atoms with Gasteiger partial charge in [-0.25, -0.2) is 19.2 Å². The summed E-state index contributed by atoms with van der Waals surface area (Å²) in [7, 11) is 0. The number of alkyl carbamates (subject to hydrolysis) is 4. The highest BCUT2D eigenvalue weighted by Gasteiger charge is 2.55. The molecule has 8 unspecified atom stereocenters. The van der Waals surface area contributed by atoms with E-state index in [1.807, 2.05) is 0 Å². The number of alkyl halides is 1. The SMILES string of the molecule is CC(=O)OCC1O[C@H](O[C@H]2C(NC(=O)[C@H](CCNC(=O)OC(C)(C)C)OC(C)=O)C[C@H](NC(=O)OC(C)(C)C)C(O[C@H]3OC(CNC(=O)OC(C)(C)C)CCC3NC(=O)OC(C)(C)C)C2Cl)C(OC(C)=O)C(N)[C@@H]1OC(C)=O. The number of nitrogens with two attached hydrogens (primary N) is 1. The van der Waals surface area contributed by atoms with Crippen molar-refractivity contribution in [2.24, 2.45) is 5.73 Å². The van der Waals surface area contributed by atoms with Gasteiger partial charge in [0.05, 0.1) is 35.6 Å². The van der Waals surface area contributed by atoms with Crippen LogP contribution in [-0.2, 0) is 80.8 Å². The minimum atomic E-state index is -1.77. The van der Waals surface area contributed by atoms with Crippen LogP contribution in [0.15, 0.2) is 0 Å². The highest BCUT2D eigenvalue weighted by atomic mass is 35.5. The van der Waals surface area contributed by atoms with E-state index < -0.39 is 168 Å². The van der Waals surface area contributed by atoms with E-state index in [-0.39, 0.29) is 38.8 Å². The maximum absolute atomic E-state index is 14.5. The van der Waals surface area contributed by atoms with Crippen molar-refractivity contribution in [3.8, 4) is 0 Å². The molecular formula is C50H83ClN6O21. The molecule has 2 saturated heterocycles. The highest BCUT2D eigenvalue weighted by Crippen LogP contribution is 2.36. The zero-order valence-corrected chi connectivity index (χ0v) is 48.3. The van der Waals surface area contributed by atoms with Crippen molar-refractivity contribution in [3.05, 3.63) is 0 Å². The number of hydrogen-bond acceptors (Lipinski definition) is 22. The zero-order chi connectivity index (χ0) is 59.2. The molecule has 0 spiro atoms. The quantitative estimate of drug-likeness (QED) is 0.0650. The van der Waals surface area contributed by atoms with Gasteiger partial charge in [-0.1, -0.05) is 0 Å². The molecule has 0 radical (unpaired) electrons. The van der Waals surface area contributed by atoms with Gasteiger partial charge in [-0.2, -0.15) is 0 Å². The first-order valence-electron chi connectivity index (χ1n) is 25.7. The van der Waals surface area contributed by atoms with Crippen LogP contribution < -0.4 is 32.3 Å². The molecule has 78 heavy (non-hydrogen) atoms. The van der Waals surface area contributed by atoms with Crippen LogP contribution in [0.4, 0.5) is 19.2 Å². The molecule has 27 nitrogen and oxygen atoms in total. The van der Waals surface area contributed by atoms with Crippen LogP contribution in [0.1, 0.15) is 136 Å². The van der Waals surface area contributed by atoms with Gasteiger partial charge in [0.1, 0.15) is 47.3 Å². The van der Waals surface area contributed by atoms with Crippen LogP contribution in [0.2, 0.25) is 0 Å². The third-order valence-electron chi connectivity index (χ3n) is 11.0. The molecule has 1 aliphatic carbocycles. The first kappa shape index (κ1) is 66.8. The predicted octanol–water partition coefficient (Wildman–Crippen LogP) is 3.39. The van der Waals surface area contributed by atoms with Gasteiger partial charge < -0.3 is 89.2 Å². The summed E-state index contributed by atoms with van der Waals surface area (Å²) in [4.78, 5) is 117. The molecule has 14 atom stereocenters. The van der Waals surface area contributed by atoms with Gasteiger partial charge in [-0.3, -0.25) is 24.0 Å². The molecule has 0 aromatic heterocycles. The van der Waals surface area contributed by atoms with Crippen LogP contribution in [0.3, 0.4) is 0 Å². The van der Waals surface area contributed by atoms with Crippen molar-refractivity contribution in [1.82, 2.24) is 26.6 Å². The summed E-state index contributed by atoms with van der Waals surface area (Å²) in [5.74, 6) is -4.25. The molecule has 1 saturated carbocycles. The van der Waals surface area contributed by atoms with Gasteiger partial charge in [0.15, 0.2) is 30.9 Å². The number of ether oxygens (including phenoxy) is 12. The summed E-state index contributed by atoms with van der Waals surface area (Å²) < 4.78 is 69.9. The van der Waals surface area contributed by atoms with Crippen molar-refractivity contribution >= 4 is 65.8 Å². The lowest BCUT2D eigenvalue weighted by Gasteiger charge is -2.49. The van der Waals surface area contributed by atoms with Crippen LogP contribution in [0.25, 0.3) is 0 Å². The fraction of sp³-hybridized carbons (Fsp3) is 0.820. The van der Waals surface area contributed by atoms with Gasteiger partial charge in [0.2, 0.25) is 0 Å². The number of esters is 4. The standard InChI is InChI=1S/C50H83ClN6O21/c1-24(58)67-23-33-38(69-26(3)60)35(52)39(70-27(4)61)42(72-33)74-36-30(55-40(62)32(68-25(2)59)19-20-53-43(63)75-47(5,6)7)21-31(57-46(66)78-50(14,15)16)37(34(36)51)73-41-29(56-45(65)77-49(11,12)13)18-17-28(71-41)22-54-44(64)76-48(8,9)10/h28-39,41-42H,17-23,52H2,1-16H3,(H,53,63)(H,54,64)(H,55,62)(H,56,65)(H,57,66)/t28?,29?,30?,31-,32-,33?,34?,35?,36-,37?,38+,39?,41+,42+/m0/s1. The van der Waals surface area contributed by atoms with E-state index in [9.17, 15) is 43.2 Å². The Hall–Kier alpha value is -5.48. The second kappa shape index (κ2) is 28.6. The number of carbonyl (C=O) groups is 9. The van der Waals surface area contributed by atoms with Crippen LogP contribution in [0, 0.1) is 0 Å². The Kier molecular flexibility index (Phi) is 24.5. The fourth-order valence-electron chi connectivity index (χ4n) is 8.20. The van der Waals surface area contributed by atoms with Crippen LogP contribution in [0.5, 0.6) is 0 Å². The van der Waals surface area contributed by atoms with E-state index in [0.717, 1.165) is 27.7 Å².